The van der Waals surface area contributed by atoms with E-state index in [0.717, 1.165) is 11.0 Å². The van der Waals surface area contributed by atoms with Crippen LogP contribution in [0, 0.1) is 0 Å². The van der Waals surface area contributed by atoms with Gasteiger partial charge in [-0.1, -0.05) is 0 Å². The van der Waals surface area contributed by atoms with Gasteiger partial charge in [-0.15, -0.1) is 0 Å². The third-order valence-electron chi connectivity index (χ3n) is 3.28. The van der Waals surface area contributed by atoms with Crippen LogP contribution in [0.15, 0.2) is 24.3 Å². The van der Waals surface area contributed by atoms with E-state index in [1.54, 1.807) is 0 Å². The van der Waals surface area contributed by atoms with E-state index in [0.29, 0.717) is 0 Å². The molecule has 0 radical (unpaired) electrons. The van der Waals surface area contributed by atoms with Crippen molar-refractivity contribution >= 4 is 27.1 Å². The molecule has 0 spiro atoms. The summed E-state index contributed by atoms with van der Waals surface area (Å²) in [6.07, 6.45) is 0. The molecule has 160 valence electrons. The Labute approximate surface area is 154 Å². The molecule has 0 N–H and O–H groups in total. The van der Waals surface area contributed by atoms with Crippen LogP contribution in [0.5, 0.6) is 0 Å². The molecule has 0 bridgehead atoms. The van der Waals surface area contributed by atoms with Crippen LogP contribution in [-0.2, 0) is 0 Å². The van der Waals surface area contributed by atoms with Gasteiger partial charge in [0.05, 0.1) is 0 Å². The summed E-state index contributed by atoms with van der Waals surface area (Å²) >= 11 is 0. The summed E-state index contributed by atoms with van der Waals surface area (Å²) in [6.45, 7) is 0. The van der Waals surface area contributed by atoms with Gasteiger partial charge in [-0.3, -0.25) is 4.70 Å². The van der Waals surface area contributed by atoms with E-state index in [4.69, 9.17) is 4.62 Å². The molecule has 0 atom stereocenters. The van der Waals surface area contributed by atoms with E-state index in [1.807, 2.05) is 66.6 Å². The topological polar surface area (TPSA) is 49.7 Å². The van der Waals surface area contributed by atoms with E-state index in [-0.39, 0.29) is 4.70 Å². The normalized spacial score (nSPS) is 14.4. The summed E-state index contributed by atoms with van der Waals surface area (Å²) in [4.78, 5) is 1.53. The van der Waals surface area contributed by atoms with E-state index < -0.39 is 16.1 Å². The van der Waals surface area contributed by atoms with Crippen LogP contribution in [0.4, 0.5) is 25.7 Å². The SMILES string of the molecule is CN(C)[PH](On1nnc2ccccc21)(N(C)C)N(C)C.F.FP(F)(F)(F)F. The number of aromatic nitrogens is 3. The van der Waals surface area contributed by atoms with Gasteiger partial charge in [0, 0.05) is 0 Å². The molecule has 0 amide bonds. The van der Waals surface area contributed by atoms with Crippen LogP contribution in [-0.4, -0.2) is 71.5 Å². The molecule has 2 aromatic rings. The van der Waals surface area contributed by atoms with Gasteiger partial charge in [0.2, 0.25) is 0 Å². The zero-order chi connectivity index (χ0) is 20.4. The first kappa shape index (κ1) is 25.7. The average Bonchev–Trinajstić information content (AvgIpc) is 2.83. The Morgan fingerprint density at radius 2 is 1.30 bits per heavy atom. The third kappa shape index (κ3) is 7.34. The van der Waals surface area contributed by atoms with Gasteiger partial charge in [-0.25, -0.2) is 0 Å². The van der Waals surface area contributed by atoms with Crippen LogP contribution in [0.1, 0.15) is 0 Å². The number of rotatable bonds is 5. The van der Waals surface area contributed by atoms with Gasteiger partial charge in [0.25, 0.3) is 0 Å². The summed E-state index contributed by atoms with van der Waals surface area (Å²) in [5.74, 6) is 0. The molecule has 0 fully saturated rings. The fraction of sp³-hybridized carbons (Fsp3) is 0.500. The Morgan fingerprint density at radius 1 is 0.889 bits per heavy atom. The first-order chi connectivity index (χ1) is 11.6. The molecule has 0 aliphatic heterocycles. The second kappa shape index (κ2) is 8.83. The molecule has 0 saturated carbocycles. The molecule has 0 aliphatic carbocycles. The van der Waals surface area contributed by atoms with Gasteiger partial charge in [0.1, 0.15) is 0 Å². The van der Waals surface area contributed by atoms with Crippen molar-refractivity contribution in [3.63, 3.8) is 0 Å². The minimum absolute atomic E-state index is 0. The summed E-state index contributed by atoms with van der Waals surface area (Å²) in [7, 11) is 1.08. The molecule has 1 heterocycles. The fourth-order valence-electron chi connectivity index (χ4n) is 2.48. The molecule has 7 nitrogen and oxygen atoms in total. The average molecular weight is 444 g/mol. The zero-order valence-corrected chi connectivity index (χ0v) is 17.5. The van der Waals surface area contributed by atoms with E-state index in [9.17, 15) is 21.0 Å². The molecule has 27 heavy (non-hydrogen) atoms. The van der Waals surface area contributed by atoms with Crippen molar-refractivity contribution in [1.29, 1.82) is 0 Å². The van der Waals surface area contributed by atoms with Gasteiger partial charge in [-0.05, 0) is 0 Å². The van der Waals surface area contributed by atoms with Crippen LogP contribution in [0.3, 0.4) is 0 Å². The van der Waals surface area contributed by atoms with Crippen molar-refractivity contribution in [3.05, 3.63) is 24.3 Å². The molecule has 2 rings (SSSR count). The summed E-state index contributed by atoms with van der Waals surface area (Å²) in [6, 6.07) is 7.77. The minimum atomic E-state index is -8.55. The van der Waals surface area contributed by atoms with Gasteiger partial charge >= 0.3 is 148 Å². The van der Waals surface area contributed by atoms with Crippen molar-refractivity contribution < 1.29 is 30.3 Å². The van der Waals surface area contributed by atoms with Crippen molar-refractivity contribution in [2.45, 2.75) is 0 Å². The molecule has 15 heteroatoms. The number of fused-ring (bicyclic) bond motifs is 1. The summed E-state index contributed by atoms with van der Waals surface area (Å²) < 4.78 is 61.8. The fourth-order valence-corrected chi connectivity index (χ4v) is 5.73. The van der Waals surface area contributed by atoms with E-state index in [1.165, 1.54) is 4.85 Å². The zero-order valence-electron chi connectivity index (χ0n) is 15.6. The molecular formula is C12H24F6N6OP2. The molecule has 1 aromatic heterocycles. The Balaban J connectivity index is 0.000000842. The van der Waals surface area contributed by atoms with Crippen molar-refractivity contribution in [2.75, 3.05) is 42.3 Å². The van der Waals surface area contributed by atoms with Crippen LogP contribution in [0.25, 0.3) is 11.0 Å². The summed E-state index contributed by atoms with van der Waals surface area (Å²) in [5, 5.41) is 8.26. The van der Waals surface area contributed by atoms with Crippen LogP contribution in [0.2, 0.25) is 0 Å². The second-order valence-corrected chi connectivity index (χ2v) is 11.2. The molecule has 0 unspecified atom stereocenters. The third-order valence-corrected chi connectivity index (χ3v) is 7.19. The number of nitrogens with zero attached hydrogens (tertiary/aromatic N) is 6. The molecule has 0 aliphatic rings. The van der Waals surface area contributed by atoms with Crippen LogP contribution >= 0.6 is 16.1 Å². The van der Waals surface area contributed by atoms with Gasteiger partial charge in [0.15, 0.2) is 0 Å². The maximum absolute atomic E-state index is 9.84. The van der Waals surface area contributed by atoms with Gasteiger partial charge in [-0.2, -0.15) is 0 Å². The monoisotopic (exact) mass is 444 g/mol. The second-order valence-electron chi connectivity index (χ2n) is 5.94. The summed E-state index contributed by atoms with van der Waals surface area (Å²) in [5.41, 5.74) is 1.70. The van der Waals surface area contributed by atoms with Crippen molar-refractivity contribution in [1.82, 2.24) is 29.2 Å². The number of hydrogen-bond donors (Lipinski definition) is 0. The Bertz CT molecular complexity index is 697. The Hall–Kier alpha value is -1.26. The van der Waals surface area contributed by atoms with E-state index in [2.05, 4.69) is 24.3 Å². The standard InChI is InChI=1S/C12H23N6OP.F5P.FH/c1-15(2)20(16(3)4,17(5)6)19-18-12-10-8-7-9-11(12)13-14-18;1-6(2,3,4)5;/h7-10,20H,1-6H3;;1H. The first-order valence-electron chi connectivity index (χ1n) is 7.26. The predicted molar refractivity (Wildman–Crippen MR) is 98.4 cm³/mol. The van der Waals surface area contributed by atoms with Gasteiger partial charge < -0.3 is 0 Å². The quantitative estimate of drug-likeness (QED) is 0.512. The first-order valence-corrected chi connectivity index (χ1v) is 10.7. The van der Waals surface area contributed by atoms with Crippen molar-refractivity contribution in [2.24, 2.45) is 0 Å². The van der Waals surface area contributed by atoms with Crippen molar-refractivity contribution in [3.8, 4) is 0 Å². The Kier molecular flexibility index (Phi) is 8.42. The molecule has 1 aromatic carbocycles. The molecular weight excluding hydrogens is 420 g/mol. The number of benzene rings is 1. The maximum atomic E-state index is 9.84. The number of para-hydroxylation sites is 1. The number of hydrogen-bond acceptors (Lipinski definition) is 6. The van der Waals surface area contributed by atoms with Crippen LogP contribution < -0.4 is 4.62 Å². The predicted octanol–water partition coefficient (Wildman–Crippen LogP) is 4.07. The van der Waals surface area contributed by atoms with E-state index >= 15 is 0 Å². The Morgan fingerprint density at radius 3 is 1.70 bits per heavy atom. The molecule has 0 saturated heterocycles. The number of halogens is 6.